The van der Waals surface area contributed by atoms with Gasteiger partial charge in [0.1, 0.15) is 5.15 Å². The zero-order valence-electron chi connectivity index (χ0n) is 8.53. The molecule has 84 valence electrons. The van der Waals surface area contributed by atoms with Crippen LogP contribution in [0, 0.1) is 0 Å². The molecule has 0 saturated heterocycles. The summed E-state index contributed by atoms with van der Waals surface area (Å²) < 4.78 is 0. The fourth-order valence-corrected chi connectivity index (χ4v) is 2.80. The van der Waals surface area contributed by atoms with Crippen molar-refractivity contribution in [3.8, 4) is 0 Å². The van der Waals surface area contributed by atoms with Crippen LogP contribution in [0.15, 0.2) is 5.38 Å². The third-order valence-electron chi connectivity index (χ3n) is 2.78. The number of hydrogen-bond donors (Lipinski definition) is 1. The Morgan fingerprint density at radius 1 is 1.60 bits per heavy atom. The van der Waals surface area contributed by atoms with Crippen molar-refractivity contribution < 1.29 is 5.11 Å². The molecule has 1 aromatic rings. The van der Waals surface area contributed by atoms with Gasteiger partial charge in [0.25, 0.3) is 0 Å². The Labute approximate surface area is 98.7 Å². The number of aliphatic hydroxyl groups is 1. The molecule has 3 nitrogen and oxygen atoms in total. The van der Waals surface area contributed by atoms with Crippen LogP contribution < -0.4 is 4.90 Å². The van der Waals surface area contributed by atoms with Crippen LogP contribution in [0.5, 0.6) is 0 Å². The van der Waals surface area contributed by atoms with Gasteiger partial charge >= 0.3 is 0 Å². The van der Waals surface area contributed by atoms with Gasteiger partial charge in [0.2, 0.25) is 0 Å². The third kappa shape index (κ3) is 2.62. The lowest BCUT2D eigenvalue weighted by atomic mass is 9.92. The van der Waals surface area contributed by atoms with Crippen molar-refractivity contribution in [2.75, 3.05) is 18.1 Å². The second-order valence-electron chi connectivity index (χ2n) is 3.81. The molecule has 15 heavy (non-hydrogen) atoms. The normalized spacial score (nSPS) is 16.4. The molecule has 1 N–H and O–H groups in total. The van der Waals surface area contributed by atoms with Gasteiger partial charge < -0.3 is 10.0 Å². The molecule has 1 fully saturated rings. The maximum atomic E-state index is 8.87. The van der Waals surface area contributed by atoms with Gasteiger partial charge in [-0.25, -0.2) is 4.98 Å². The van der Waals surface area contributed by atoms with Crippen LogP contribution in [0.25, 0.3) is 0 Å². The molecule has 0 spiro atoms. The van der Waals surface area contributed by atoms with Crippen LogP contribution in [0.1, 0.15) is 25.7 Å². The van der Waals surface area contributed by atoms with Crippen molar-refractivity contribution in [3.05, 3.63) is 10.5 Å². The predicted molar refractivity (Wildman–Crippen MR) is 63.8 cm³/mol. The van der Waals surface area contributed by atoms with Crippen molar-refractivity contribution in [2.45, 2.75) is 31.7 Å². The lowest BCUT2D eigenvalue weighted by Gasteiger charge is -2.37. The Morgan fingerprint density at radius 3 is 2.87 bits per heavy atom. The molecule has 1 aromatic heterocycles. The molecule has 2 rings (SSSR count). The second kappa shape index (κ2) is 5.14. The van der Waals surface area contributed by atoms with Gasteiger partial charge in [-0.2, -0.15) is 0 Å². The highest BCUT2D eigenvalue weighted by Gasteiger charge is 2.26. The first-order valence-corrected chi connectivity index (χ1v) is 6.55. The van der Waals surface area contributed by atoms with Gasteiger partial charge in [0, 0.05) is 24.6 Å². The number of nitrogens with zero attached hydrogens (tertiary/aromatic N) is 2. The van der Waals surface area contributed by atoms with Crippen molar-refractivity contribution in [1.29, 1.82) is 0 Å². The molecular weight excluding hydrogens is 232 g/mol. The summed E-state index contributed by atoms with van der Waals surface area (Å²) in [6.07, 6.45) is 4.58. The molecule has 1 heterocycles. The molecule has 0 amide bonds. The van der Waals surface area contributed by atoms with Crippen molar-refractivity contribution in [1.82, 2.24) is 4.98 Å². The number of rotatable bonds is 5. The number of anilines is 1. The monoisotopic (exact) mass is 246 g/mol. The first-order valence-electron chi connectivity index (χ1n) is 5.30. The minimum Gasteiger partial charge on any atom is -0.396 e. The Hall–Kier alpha value is -0.320. The van der Waals surface area contributed by atoms with Gasteiger partial charge in [-0.15, -0.1) is 11.3 Å². The molecule has 0 radical (unpaired) electrons. The lowest BCUT2D eigenvalue weighted by Crippen LogP contribution is -2.41. The highest BCUT2D eigenvalue weighted by molar-refractivity contribution is 7.14. The van der Waals surface area contributed by atoms with Gasteiger partial charge in [-0.1, -0.05) is 11.6 Å². The van der Waals surface area contributed by atoms with E-state index in [1.165, 1.54) is 19.3 Å². The standard InChI is InChI=1S/C10H15ClN2OS/c11-9-7-15-10(12-9)13(5-2-6-14)8-3-1-4-8/h7-8,14H,1-6H2. The summed E-state index contributed by atoms with van der Waals surface area (Å²) in [4.78, 5) is 6.58. The van der Waals surface area contributed by atoms with Crippen LogP contribution in [0.2, 0.25) is 5.15 Å². The highest BCUT2D eigenvalue weighted by Crippen LogP contribution is 2.32. The van der Waals surface area contributed by atoms with Gasteiger partial charge in [-0.05, 0) is 25.7 Å². The van der Waals surface area contributed by atoms with Crippen molar-refractivity contribution >= 4 is 28.1 Å². The molecule has 0 bridgehead atoms. The number of thiazole rings is 1. The molecule has 0 aliphatic heterocycles. The van der Waals surface area contributed by atoms with E-state index < -0.39 is 0 Å². The fourth-order valence-electron chi connectivity index (χ4n) is 1.75. The van der Waals surface area contributed by atoms with E-state index in [1.807, 2.05) is 5.38 Å². The van der Waals surface area contributed by atoms with Crippen LogP contribution in [0.3, 0.4) is 0 Å². The summed E-state index contributed by atoms with van der Waals surface area (Å²) in [5.74, 6) is 0. The van der Waals surface area contributed by atoms with Gasteiger partial charge in [0.05, 0.1) is 0 Å². The van der Waals surface area contributed by atoms with Gasteiger partial charge in [0.15, 0.2) is 5.13 Å². The number of hydrogen-bond acceptors (Lipinski definition) is 4. The summed E-state index contributed by atoms with van der Waals surface area (Å²) in [5, 5.41) is 12.3. The van der Waals surface area contributed by atoms with E-state index in [2.05, 4.69) is 9.88 Å². The summed E-state index contributed by atoms with van der Waals surface area (Å²) in [6.45, 7) is 1.12. The third-order valence-corrected chi connectivity index (χ3v) is 3.98. The Balaban J connectivity index is 2.03. The topological polar surface area (TPSA) is 36.4 Å². The van der Waals surface area contributed by atoms with E-state index in [-0.39, 0.29) is 6.61 Å². The van der Waals surface area contributed by atoms with Crippen molar-refractivity contribution in [3.63, 3.8) is 0 Å². The number of aromatic nitrogens is 1. The van der Waals surface area contributed by atoms with E-state index in [9.17, 15) is 0 Å². The average molecular weight is 247 g/mol. The Kier molecular flexibility index (Phi) is 3.83. The highest BCUT2D eigenvalue weighted by atomic mass is 35.5. The Morgan fingerprint density at radius 2 is 2.40 bits per heavy atom. The smallest absolute Gasteiger partial charge is 0.186 e. The number of aliphatic hydroxyl groups excluding tert-OH is 1. The molecule has 0 unspecified atom stereocenters. The second-order valence-corrected chi connectivity index (χ2v) is 5.03. The van der Waals surface area contributed by atoms with E-state index in [0.29, 0.717) is 11.2 Å². The van der Waals surface area contributed by atoms with E-state index in [4.69, 9.17) is 16.7 Å². The van der Waals surface area contributed by atoms with Crippen molar-refractivity contribution in [2.24, 2.45) is 0 Å². The summed E-state index contributed by atoms with van der Waals surface area (Å²) >= 11 is 7.41. The zero-order chi connectivity index (χ0) is 10.7. The summed E-state index contributed by atoms with van der Waals surface area (Å²) in [5.41, 5.74) is 0. The minimum absolute atomic E-state index is 0.238. The predicted octanol–water partition coefficient (Wildman–Crippen LogP) is 2.54. The molecule has 1 aliphatic rings. The molecule has 5 heteroatoms. The Bertz CT molecular complexity index is 314. The zero-order valence-corrected chi connectivity index (χ0v) is 10.1. The molecule has 1 saturated carbocycles. The van der Waals surface area contributed by atoms with E-state index in [0.717, 1.165) is 18.1 Å². The quantitative estimate of drug-likeness (QED) is 0.868. The van der Waals surface area contributed by atoms with E-state index >= 15 is 0 Å². The first kappa shape index (κ1) is 11.2. The first-order chi connectivity index (χ1) is 7.31. The lowest BCUT2D eigenvalue weighted by molar-refractivity contribution is 0.283. The van der Waals surface area contributed by atoms with Crippen LogP contribution >= 0.6 is 22.9 Å². The van der Waals surface area contributed by atoms with Gasteiger partial charge in [-0.3, -0.25) is 0 Å². The van der Waals surface area contributed by atoms with Crippen LogP contribution in [-0.4, -0.2) is 29.3 Å². The maximum absolute atomic E-state index is 8.87. The SMILES string of the molecule is OCCCN(c1nc(Cl)cs1)C1CCC1. The summed E-state index contributed by atoms with van der Waals surface area (Å²) in [6, 6.07) is 0.610. The van der Waals surface area contributed by atoms with E-state index in [1.54, 1.807) is 11.3 Å². The average Bonchev–Trinajstić information content (AvgIpc) is 2.56. The molecule has 0 aromatic carbocycles. The summed E-state index contributed by atoms with van der Waals surface area (Å²) in [7, 11) is 0. The molecule has 1 aliphatic carbocycles. The molecule has 0 atom stereocenters. The van der Waals surface area contributed by atoms with Crippen LogP contribution in [0.4, 0.5) is 5.13 Å². The fraction of sp³-hybridized carbons (Fsp3) is 0.700. The largest absolute Gasteiger partial charge is 0.396 e. The minimum atomic E-state index is 0.238. The number of halogens is 1. The maximum Gasteiger partial charge on any atom is 0.186 e. The van der Waals surface area contributed by atoms with Crippen LogP contribution in [-0.2, 0) is 0 Å². The molecular formula is C10H15ClN2OS.